The highest BCUT2D eigenvalue weighted by Crippen LogP contribution is 2.32. The van der Waals surface area contributed by atoms with E-state index >= 15 is 0 Å². The molecule has 0 saturated heterocycles. The van der Waals surface area contributed by atoms with E-state index < -0.39 is 17.6 Å². The van der Waals surface area contributed by atoms with Crippen molar-refractivity contribution >= 4 is 34.8 Å². The van der Waals surface area contributed by atoms with Crippen LogP contribution in [0.3, 0.4) is 0 Å². The summed E-state index contributed by atoms with van der Waals surface area (Å²) in [4.78, 5) is 16.2. The SMILES string of the molecule is O=C(NNc1cccc(Cl)c1)c1cccn1-c1ncc(C(F)(F)F)cc1Cl. The summed E-state index contributed by atoms with van der Waals surface area (Å²) in [5.41, 5.74) is 4.87. The van der Waals surface area contributed by atoms with Crippen molar-refractivity contribution < 1.29 is 18.0 Å². The quantitative estimate of drug-likeness (QED) is 0.593. The Hall–Kier alpha value is -2.71. The van der Waals surface area contributed by atoms with E-state index in [4.69, 9.17) is 23.2 Å². The number of nitrogens with one attached hydrogen (secondary N) is 2. The van der Waals surface area contributed by atoms with Crippen LogP contribution in [0.1, 0.15) is 16.1 Å². The van der Waals surface area contributed by atoms with Crippen LogP contribution < -0.4 is 10.9 Å². The fourth-order valence-electron chi connectivity index (χ4n) is 2.27. The van der Waals surface area contributed by atoms with Crippen molar-refractivity contribution in [3.05, 3.63) is 76.2 Å². The van der Waals surface area contributed by atoms with E-state index in [-0.39, 0.29) is 16.5 Å². The van der Waals surface area contributed by atoms with Crippen molar-refractivity contribution in [1.29, 1.82) is 0 Å². The summed E-state index contributed by atoms with van der Waals surface area (Å²) < 4.78 is 39.5. The van der Waals surface area contributed by atoms with Crippen LogP contribution in [0.2, 0.25) is 10.0 Å². The fraction of sp³-hybridized carbons (Fsp3) is 0.0588. The zero-order valence-electron chi connectivity index (χ0n) is 13.4. The predicted octanol–water partition coefficient (Wildman–Crippen LogP) is 4.95. The van der Waals surface area contributed by atoms with Gasteiger partial charge in [-0.15, -0.1) is 0 Å². The number of aromatic nitrogens is 2. The summed E-state index contributed by atoms with van der Waals surface area (Å²) >= 11 is 11.8. The normalized spacial score (nSPS) is 11.3. The molecule has 10 heteroatoms. The van der Waals surface area contributed by atoms with Gasteiger partial charge in [-0.3, -0.25) is 20.2 Å². The first-order valence-electron chi connectivity index (χ1n) is 7.48. The molecule has 5 nitrogen and oxygen atoms in total. The summed E-state index contributed by atoms with van der Waals surface area (Å²) in [7, 11) is 0. The number of rotatable bonds is 4. The largest absolute Gasteiger partial charge is 0.417 e. The number of anilines is 1. The molecule has 0 atom stereocenters. The molecular weight excluding hydrogens is 404 g/mol. The van der Waals surface area contributed by atoms with Gasteiger partial charge < -0.3 is 0 Å². The van der Waals surface area contributed by atoms with Gasteiger partial charge in [-0.25, -0.2) is 4.98 Å². The van der Waals surface area contributed by atoms with Crippen molar-refractivity contribution in [2.24, 2.45) is 0 Å². The monoisotopic (exact) mass is 414 g/mol. The van der Waals surface area contributed by atoms with Gasteiger partial charge in [0, 0.05) is 17.4 Å². The summed E-state index contributed by atoms with van der Waals surface area (Å²) in [5.74, 6) is -0.541. The van der Waals surface area contributed by atoms with Gasteiger partial charge in [0.15, 0.2) is 5.82 Å². The van der Waals surface area contributed by atoms with Crippen LogP contribution in [0.4, 0.5) is 18.9 Å². The van der Waals surface area contributed by atoms with Crippen molar-refractivity contribution in [2.75, 3.05) is 5.43 Å². The summed E-state index contributed by atoms with van der Waals surface area (Å²) in [5, 5.41) is 0.247. The number of amides is 1. The minimum absolute atomic E-state index is 0.00238. The Balaban J connectivity index is 1.82. The lowest BCUT2D eigenvalue weighted by molar-refractivity contribution is -0.137. The molecule has 3 aromatic rings. The highest BCUT2D eigenvalue weighted by atomic mass is 35.5. The zero-order chi connectivity index (χ0) is 19.6. The number of hydrogen-bond acceptors (Lipinski definition) is 3. The lowest BCUT2D eigenvalue weighted by Crippen LogP contribution is -2.31. The minimum atomic E-state index is -4.56. The van der Waals surface area contributed by atoms with Gasteiger partial charge in [0.1, 0.15) is 5.69 Å². The maximum Gasteiger partial charge on any atom is 0.417 e. The first-order chi connectivity index (χ1) is 12.8. The van der Waals surface area contributed by atoms with E-state index in [0.717, 1.165) is 6.07 Å². The van der Waals surface area contributed by atoms with Gasteiger partial charge in [-0.05, 0) is 36.4 Å². The fourth-order valence-corrected chi connectivity index (χ4v) is 2.72. The van der Waals surface area contributed by atoms with Gasteiger partial charge in [0.05, 0.1) is 16.3 Å². The number of halogens is 5. The Morgan fingerprint density at radius 3 is 2.56 bits per heavy atom. The lowest BCUT2D eigenvalue weighted by Gasteiger charge is -2.13. The number of carbonyl (C=O) groups is 1. The number of hydrazine groups is 1. The number of carbonyl (C=O) groups excluding carboxylic acids is 1. The molecular formula is C17H11Cl2F3N4O. The molecule has 0 spiro atoms. The molecule has 2 heterocycles. The van der Waals surface area contributed by atoms with E-state index in [2.05, 4.69) is 15.8 Å². The highest BCUT2D eigenvalue weighted by Gasteiger charge is 2.32. The number of benzene rings is 1. The van der Waals surface area contributed by atoms with Crippen LogP contribution >= 0.6 is 23.2 Å². The number of hydrogen-bond donors (Lipinski definition) is 2. The van der Waals surface area contributed by atoms with Gasteiger partial charge in [0.25, 0.3) is 5.91 Å². The highest BCUT2D eigenvalue weighted by molar-refractivity contribution is 6.32. The molecule has 0 unspecified atom stereocenters. The van der Waals surface area contributed by atoms with E-state index in [1.165, 1.54) is 16.8 Å². The first kappa shape index (κ1) is 19.1. The molecule has 3 rings (SSSR count). The van der Waals surface area contributed by atoms with E-state index in [1.807, 2.05) is 0 Å². The molecule has 0 aliphatic rings. The standard InChI is InChI=1S/C17H11Cl2F3N4O/c18-11-3-1-4-12(8-11)24-25-16(27)14-5-2-6-26(14)15-13(19)7-10(9-23-15)17(20,21)22/h1-9,24H,(H,25,27). The van der Waals surface area contributed by atoms with Crippen LogP contribution in [-0.4, -0.2) is 15.5 Å². The third-order valence-electron chi connectivity index (χ3n) is 3.50. The third-order valence-corrected chi connectivity index (χ3v) is 4.02. The van der Waals surface area contributed by atoms with Gasteiger partial charge >= 0.3 is 6.18 Å². The lowest BCUT2D eigenvalue weighted by atomic mass is 10.2. The zero-order valence-corrected chi connectivity index (χ0v) is 14.9. The molecule has 0 bridgehead atoms. The summed E-state index contributed by atoms with van der Waals surface area (Å²) in [6.07, 6.45) is -2.43. The Bertz CT molecular complexity index is 988. The van der Waals surface area contributed by atoms with Crippen molar-refractivity contribution in [3.8, 4) is 5.82 Å². The van der Waals surface area contributed by atoms with Crippen LogP contribution in [0.15, 0.2) is 54.9 Å². The number of pyridine rings is 1. The Morgan fingerprint density at radius 1 is 1.11 bits per heavy atom. The minimum Gasteiger partial charge on any atom is -0.298 e. The molecule has 27 heavy (non-hydrogen) atoms. The Kier molecular flexibility index (Phi) is 5.29. The van der Waals surface area contributed by atoms with Crippen LogP contribution in [0.5, 0.6) is 0 Å². The van der Waals surface area contributed by atoms with Crippen LogP contribution in [-0.2, 0) is 6.18 Å². The molecule has 1 aromatic carbocycles. The third kappa shape index (κ3) is 4.35. The average molecular weight is 415 g/mol. The van der Waals surface area contributed by atoms with Gasteiger partial charge in [-0.1, -0.05) is 29.3 Å². The second kappa shape index (κ2) is 7.50. The number of alkyl halides is 3. The maximum absolute atomic E-state index is 12.8. The molecule has 140 valence electrons. The second-order valence-electron chi connectivity index (χ2n) is 5.38. The summed E-state index contributed by atoms with van der Waals surface area (Å²) in [6.45, 7) is 0. The van der Waals surface area contributed by atoms with Gasteiger partial charge in [-0.2, -0.15) is 13.2 Å². The molecule has 0 radical (unpaired) electrons. The van der Waals surface area contributed by atoms with Crippen LogP contribution in [0.25, 0.3) is 5.82 Å². The van der Waals surface area contributed by atoms with Gasteiger partial charge in [0.2, 0.25) is 0 Å². The van der Waals surface area contributed by atoms with E-state index in [9.17, 15) is 18.0 Å². The molecule has 0 fully saturated rings. The predicted molar refractivity (Wildman–Crippen MR) is 96.1 cm³/mol. The molecule has 2 N–H and O–H groups in total. The van der Waals surface area contributed by atoms with Crippen LogP contribution in [0, 0.1) is 0 Å². The molecule has 0 aliphatic carbocycles. The molecule has 0 saturated carbocycles. The van der Waals surface area contributed by atoms with Crippen molar-refractivity contribution in [2.45, 2.75) is 6.18 Å². The smallest absolute Gasteiger partial charge is 0.298 e. The van der Waals surface area contributed by atoms with E-state index in [0.29, 0.717) is 16.9 Å². The number of nitrogens with zero attached hydrogens (tertiary/aromatic N) is 2. The maximum atomic E-state index is 12.8. The topological polar surface area (TPSA) is 59.0 Å². The summed E-state index contributed by atoms with van der Waals surface area (Å²) in [6, 6.07) is 10.5. The van der Waals surface area contributed by atoms with Crippen molar-refractivity contribution in [1.82, 2.24) is 15.0 Å². The molecule has 0 aliphatic heterocycles. The second-order valence-corrected chi connectivity index (χ2v) is 6.22. The average Bonchev–Trinajstić information content (AvgIpc) is 3.08. The van der Waals surface area contributed by atoms with Crippen molar-refractivity contribution in [3.63, 3.8) is 0 Å². The first-order valence-corrected chi connectivity index (χ1v) is 8.23. The van der Waals surface area contributed by atoms with E-state index in [1.54, 1.807) is 30.3 Å². The molecule has 2 aromatic heterocycles. The Morgan fingerprint density at radius 2 is 1.89 bits per heavy atom. The molecule has 1 amide bonds. The Labute approximate surface area is 161 Å².